The number of carbonyl (C=O) groups excluding carboxylic acids is 1. The molecule has 132 valence electrons. The van der Waals surface area contributed by atoms with Crippen LogP contribution in [0.5, 0.6) is 0 Å². The summed E-state index contributed by atoms with van der Waals surface area (Å²) in [5.41, 5.74) is 7.85. The van der Waals surface area contributed by atoms with E-state index in [0.717, 1.165) is 16.7 Å². The molecule has 0 spiro atoms. The minimum atomic E-state index is -0.819. The third-order valence-corrected chi connectivity index (χ3v) is 3.76. The summed E-state index contributed by atoms with van der Waals surface area (Å²) in [7, 11) is 1.18. The highest BCUT2D eigenvalue weighted by Crippen LogP contribution is 2.24. The lowest BCUT2D eigenvalue weighted by molar-refractivity contribution is 0.0599. The summed E-state index contributed by atoms with van der Waals surface area (Å²) in [4.78, 5) is 28.5. The molecule has 7 heteroatoms. The molecule has 0 aliphatic carbocycles. The first-order valence-electron chi connectivity index (χ1n) is 7.70. The second-order valence-corrected chi connectivity index (χ2v) is 5.49. The van der Waals surface area contributed by atoms with E-state index in [1.165, 1.54) is 18.0 Å². The van der Waals surface area contributed by atoms with E-state index in [1.54, 1.807) is 0 Å². The molecule has 7 nitrogen and oxygen atoms in total. The Hall–Kier alpha value is -3.09. The fraction of sp³-hybridized carbons (Fsp3) is 0.278. The van der Waals surface area contributed by atoms with Gasteiger partial charge in [0.15, 0.2) is 5.56 Å². The summed E-state index contributed by atoms with van der Waals surface area (Å²) in [5, 5.41) is 0. The molecule has 25 heavy (non-hydrogen) atoms. The fourth-order valence-corrected chi connectivity index (χ4v) is 2.67. The highest BCUT2D eigenvalue weighted by atomic mass is 16.5. The minimum Gasteiger partial charge on any atom is -0.494 e. The van der Waals surface area contributed by atoms with Crippen molar-refractivity contribution < 1.29 is 14.3 Å². The molecule has 0 unspecified atom stereocenters. The van der Waals surface area contributed by atoms with Crippen molar-refractivity contribution in [2.24, 2.45) is 0 Å². The van der Waals surface area contributed by atoms with E-state index in [2.05, 4.69) is 16.3 Å². The number of carbonyl (C=O) groups is 1. The van der Waals surface area contributed by atoms with Crippen LogP contribution in [-0.2, 0) is 9.47 Å². The van der Waals surface area contributed by atoms with Crippen LogP contribution < -0.4 is 11.3 Å². The van der Waals surface area contributed by atoms with Gasteiger partial charge in [0, 0.05) is 5.56 Å². The number of hydrogen-bond acceptors (Lipinski definition) is 6. The Kier molecular flexibility index (Phi) is 5.26. The van der Waals surface area contributed by atoms with Crippen molar-refractivity contribution in [3.05, 3.63) is 57.6 Å². The zero-order valence-electron chi connectivity index (χ0n) is 14.8. The van der Waals surface area contributed by atoms with Crippen LogP contribution >= 0.6 is 0 Å². The second kappa shape index (κ2) is 7.21. The average molecular weight is 343 g/mol. The van der Waals surface area contributed by atoms with Gasteiger partial charge in [-0.15, -0.1) is 0 Å². The Morgan fingerprint density at radius 1 is 1.32 bits per heavy atom. The number of rotatable bonds is 5. The molecule has 0 saturated heterocycles. The molecular weight excluding hydrogens is 322 g/mol. The first-order valence-corrected chi connectivity index (χ1v) is 7.70. The summed E-state index contributed by atoms with van der Waals surface area (Å²) in [6.45, 7) is 10.0. The molecule has 1 aromatic carbocycles. The Balaban J connectivity index is 2.66. The zero-order chi connectivity index (χ0) is 18.7. The first kappa shape index (κ1) is 18.3. The monoisotopic (exact) mass is 343 g/mol. The van der Waals surface area contributed by atoms with Gasteiger partial charge in [-0.25, -0.2) is 9.78 Å². The Bertz CT molecular complexity index is 877. The van der Waals surface area contributed by atoms with Crippen molar-refractivity contribution in [2.45, 2.75) is 20.8 Å². The first-order chi connectivity index (χ1) is 11.8. The predicted molar refractivity (Wildman–Crippen MR) is 95.7 cm³/mol. The van der Waals surface area contributed by atoms with Gasteiger partial charge in [-0.05, 0) is 44.0 Å². The lowest BCUT2D eigenvalue weighted by atomic mass is 10.0. The quantitative estimate of drug-likeness (QED) is 0.660. The Morgan fingerprint density at radius 2 is 1.92 bits per heavy atom. The topological polar surface area (TPSA) is 96.4 Å². The molecule has 0 radical (unpaired) electrons. The number of aromatic nitrogens is 2. The van der Waals surface area contributed by atoms with Gasteiger partial charge >= 0.3 is 5.97 Å². The number of anilines is 1. The van der Waals surface area contributed by atoms with Crippen LogP contribution in [0.3, 0.4) is 0 Å². The standard InChI is InChI=1S/C18H21N3O4/c1-6-25-12(4)13-7-10(2)15(11(3)8-13)21-9-20-16(19)14(17(21)22)18(23)24-5/h7-9H,4,6,19H2,1-3,5H3. The molecule has 0 aliphatic heterocycles. The van der Waals surface area contributed by atoms with E-state index in [1.807, 2.05) is 32.9 Å². The van der Waals surface area contributed by atoms with Crippen molar-refractivity contribution in [1.29, 1.82) is 0 Å². The molecule has 0 amide bonds. The summed E-state index contributed by atoms with van der Waals surface area (Å²) >= 11 is 0. The fourth-order valence-electron chi connectivity index (χ4n) is 2.67. The number of hydrogen-bond donors (Lipinski definition) is 1. The maximum Gasteiger partial charge on any atom is 0.347 e. The van der Waals surface area contributed by atoms with Crippen LogP contribution in [0.4, 0.5) is 5.82 Å². The predicted octanol–water partition coefficient (Wildman–Crippen LogP) is 2.23. The van der Waals surface area contributed by atoms with Crippen LogP contribution in [0.15, 0.2) is 29.8 Å². The third kappa shape index (κ3) is 3.40. The molecular formula is C18H21N3O4. The molecule has 2 rings (SSSR count). The number of methoxy groups -OCH3 is 1. The summed E-state index contributed by atoms with van der Waals surface area (Å²) in [6, 6.07) is 3.72. The minimum absolute atomic E-state index is 0.162. The number of benzene rings is 1. The van der Waals surface area contributed by atoms with Gasteiger partial charge in [0.2, 0.25) is 0 Å². The van der Waals surface area contributed by atoms with Crippen molar-refractivity contribution in [3.8, 4) is 5.69 Å². The molecule has 0 atom stereocenters. The summed E-state index contributed by atoms with van der Waals surface area (Å²) in [5.74, 6) is -0.427. The Labute approximate surface area is 145 Å². The van der Waals surface area contributed by atoms with E-state index in [9.17, 15) is 9.59 Å². The lowest BCUT2D eigenvalue weighted by Crippen LogP contribution is -2.29. The lowest BCUT2D eigenvalue weighted by Gasteiger charge is -2.16. The average Bonchev–Trinajstić information content (AvgIpc) is 2.56. The normalized spacial score (nSPS) is 10.4. The van der Waals surface area contributed by atoms with Crippen molar-refractivity contribution in [2.75, 3.05) is 19.5 Å². The van der Waals surface area contributed by atoms with E-state index in [-0.39, 0.29) is 11.4 Å². The van der Waals surface area contributed by atoms with E-state index < -0.39 is 11.5 Å². The highest BCUT2D eigenvalue weighted by Gasteiger charge is 2.20. The van der Waals surface area contributed by atoms with Crippen LogP contribution in [0.1, 0.15) is 34.0 Å². The summed E-state index contributed by atoms with van der Waals surface area (Å²) < 4.78 is 11.4. The maximum absolute atomic E-state index is 12.7. The van der Waals surface area contributed by atoms with Crippen molar-refractivity contribution in [3.63, 3.8) is 0 Å². The highest BCUT2D eigenvalue weighted by molar-refractivity contribution is 5.93. The third-order valence-electron chi connectivity index (χ3n) is 3.76. The smallest absolute Gasteiger partial charge is 0.347 e. The second-order valence-electron chi connectivity index (χ2n) is 5.49. The van der Waals surface area contributed by atoms with E-state index in [4.69, 9.17) is 10.5 Å². The van der Waals surface area contributed by atoms with E-state index >= 15 is 0 Å². The van der Waals surface area contributed by atoms with Crippen LogP contribution in [-0.4, -0.2) is 29.2 Å². The van der Waals surface area contributed by atoms with Gasteiger partial charge in [0.25, 0.3) is 5.56 Å². The molecule has 0 fully saturated rings. The Morgan fingerprint density at radius 3 is 2.44 bits per heavy atom. The molecule has 0 saturated carbocycles. The number of nitrogens with two attached hydrogens (primary N) is 1. The molecule has 0 bridgehead atoms. The number of nitrogen functional groups attached to an aromatic ring is 1. The summed E-state index contributed by atoms with van der Waals surface area (Å²) in [6.07, 6.45) is 1.30. The number of nitrogens with zero attached hydrogens (tertiary/aromatic N) is 2. The van der Waals surface area contributed by atoms with Crippen LogP contribution in [0, 0.1) is 13.8 Å². The maximum atomic E-state index is 12.7. The van der Waals surface area contributed by atoms with Crippen LogP contribution in [0.25, 0.3) is 11.4 Å². The molecule has 2 aromatic rings. The van der Waals surface area contributed by atoms with Gasteiger partial charge in [-0.1, -0.05) is 6.58 Å². The number of esters is 1. The zero-order valence-corrected chi connectivity index (χ0v) is 14.8. The van der Waals surface area contributed by atoms with Gasteiger partial charge in [-0.3, -0.25) is 9.36 Å². The molecule has 1 aromatic heterocycles. The van der Waals surface area contributed by atoms with Crippen LogP contribution in [0.2, 0.25) is 0 Å². The van der Waals surface area contributed by atoms with Crippen molar-refractivity contribution in [1.82, 2.24) is 9.55 Å². The van der Waals surface area contributed by atoms with E-state index in [0.29, 0.717) is 18.1 Å². The van der Waals surface area contributed by atoms with Gasteiger partial charge in [-0.2, -0.15) is 0 Å². The SMILES string of the molecule is C=C(OCC)c1cc(C)c(-n2cnc(N)c(C(=O)OC)c2=O)c(C)c1. The van der Waals surface area contributed by atoms with Crippen molar-refractivity contribution >= 4 is 17.5 Å². The van der Waals surface area contributed by atoms with Gasteiger partial charge < -0.3 is 15.2 Å². The number of ether oxygens (including phenoxy) is 2. The number of aryl methyl sites for hydroxylation is 2. The van der Waals surface area contributed by atoms with Gasteiger partial charge in [0.05, 0.1) is 19.4 Å². The molecule has 2 N–H and O–H groups in total. The largest absolute Gasteiger partial charge is 0.494 e. The van der Waals surface area contributed by atoms with Gasteiger partial charge in [0.1, 0.15) is 17.9 Å². The molecule has 0 aliphatic rings. The molecule has 1 heterocycles.